The lowest BCUT2D eigenvalue weighted by Gasteiger charge is -2.03. The maximum atomic E-state index is 11.1. The second-order valence-corrected chi connectivity index (χ2v) is 4.12. The number of aryl methyl sites for hydroxylation is 1. The third kappa shape index (κ3) is 2.56. The second-order valence-electron chi connectivity index (χ2n) is 4.12. The minimum atomic E-state index is 0.287. The highest BCUT2D eigenvalue weighted by Gasteiger charge is 2.11. The van der Waals surface area contributed by atoms with E-state index < -0.39 is 0 Å². The van der Waals surface area contributed by atoms with Crippen molar-refractivity contribution in [3.63, 3.8) is 0 Å². The van der Waals surface area contributed by atoms with Gasteiger partial charge in [0.2, 0.25) is 0 Å². The van der Waals surface area contributed by atoms with Crippen LogP contribution < -0.4 is 0 Å². The molecular weight excluding hydrogens is 184 g/mol. The molecule has 0 atom stereocenters. The smallest absolute Gasteiger partial charge is 0.155 e. The van der Waals surface area contributed by atoms with Gasteiger partial charge in [-0.1, -0.05) is 36.8 Å². The molecule has 1 aromatic rings. The summed E-state index contributed by atoms with van der Waals surface area (Å²) in [4.78, 5) is 11.1. The highest BCUT2D eigenvalue weighted by molar-refractivity contribution is 5.93. The summed E-state index contributed by atoms with van der Waals surface area (Å²) in [5.41, 5.74) is 3.97. The van der Waals surface area contributed by atoms with Crippen molar-refractivity contribution in [2.24, 2.45) is 0 Å². The molecule has 1 aliphatic rings. The van der Waals surface area contributed by atoms with Gasteiger partial charge in [0.1, 0.15) is 0 Å². The van der Waals surface area contributed by atoms with Crippen molar-refractivity contribution < 1.29 is 4.79 Å². The molecule has 2 rings (SSSR count). The van der Waals surface area contributed by atoms with Crippen LogP contribution in [-0.4, -0.2) is 5.78 Å². The molecule has 78 valence electrons. The Labute approximate surface area is 90.8 Å². The summed E-state index contributed by atoms with van der Waals surface area (Å²) in [5, 5.41) is 0. The highest BCUT2D eigenvalue weighted by atomic mass is 16.1. The molecule has 1 heteroatoms. The number of hydrogen-bond donors (Lipinski definition) is 0. The lowest BCUT2D eigenvalue weighted by molar-refractivity contribution is -0.114. The Hall–Kier alpha value is -1.37. The molecule has 0 bridgehead atoms. The highest BCUT2D eigenvalue weighted by Crippen LogP contribution is 2.19. The van der Waals surface area contributed by atoms with Gasteiger partial charge in [-0.05, 0) is 36.5 Å². The van der Waals surface area contributed by atoms with Gasteiger partial charge in [0.05, 0.1) is 0 Å². The largest absolute Gasteiger partial charge is 0.295 e. The van der Waals surface area contributed by atoms with Crippen LogP contribution in [0.5, 0.6) is 0 Å². The van der Waals surface area contributed by atoms with Gasteiger partial charge in [0.15, 0.2) is 5.78 Å². The molecule has 0 spiro atoms. The van der Waals surface area contributed by atoms with E-state index in [0.29, 0.717) is 6.42 Å². The Balaban J connectivity index is 2.05. The molecule has 0 aliphatic heterocycles. The van der Waals surface area contributed by atoms with Crippen molar-refractivity contribution in [1.82, 2.24) is 0 Å². The molecule has 0 saturated carbocycles. The molecule has 0 amide bonds. The van der Waals surface area contributed by atoms with Crippen molar-refractivity contribution in [2.75, 3.05) is 0 Å². The van der Waals surface area contributed by atoms with Gasteiger partial charge in [-0.25, -0.2) is 0 Å². The summed E-state index contributed by atoms with van der Waals surface area (Å²) in [7, 11) is 0. The third-order valence-corrected chi connectivity index (χ3v) is 2.92. The van der Waals surface area contributed by atoms with E-state index >= 15 is 0 Å². The first-order chi connectivity index (χ1) is 7.28. The van der Waals surface area contributed by atoms with Gasteiger partial charge < -0.3 is 0 Å². The maximum Gasteiger partial charge on any atom is 0.155 e. The summed E-state index contributed by atoms with van der Waals surface area (Å²) < 4.78 is 0. The first-order valence-electron chi connectivity index (χ1n) is 5.58. The van der Waals surface area contributed by atoms with Crippen molar-refractivity contribution in [3.05, 3.63) is 47.0 Å². The van der Waals surface area contributed by atoms with Gasteiger partial charge in [0.25, 0.3) is 0 Å². The average Bonchev–Trinajstić information content (AvgIpc) is 2.65. The van der Waals surface area contributed by atoms with E-state index in [1.807, 2.05) is 6.08 Å². The van der Waals surface area contributed by atoms with Gasteiger partial charge in [-0.3, -0.25) is 4.79 Å². The van der Waals surface area contributed by atoms with Crippen molar-refractivity contribution >= 4 is 5.78 Å². The van der Waals surface area contributed by atoms with E-state index in [2.05, 4.69) is 31.2 Å². The Morgan fingerprint density at radius 2 is 1.73 bits per heavy atom. The molecule has 1 nitrogen and oxygen atoms in total. The molecule has 0 aromatic heterocycles. The standard InChI is InChI=1S/C14H16O/c1-2-11-3-5-12(6-4-11)9-13-7-8-14(15)10-13/h3-6,10H,2,7-9H2,1H3. The van der Waals surface area contributed by atoms with Crippen LogP contribution in [0.15, 0.2) is 35.9 Å². The molecule has 0 fully saturated rings. The molecule has 0 saturated heterocycles. The Morgan fingerprint density at radius 1 is 1.07 bits per heavy atom. The predicted octanol–water partition coefficient (Wildman–Crippen LogP) is 3.08. The number of allylic oxidation sites excluding steroid dienone is 2. The van der Waals surface area contributed by atoms with Crippen molar-refractivity contribution in [3.8, 4) is 0 Å². The Bertz CT molecular complexity index is 384. The van der Waals surface area contributed by atoms with Crippen LogP contribution in [0.3, 0.4) is 0 Å². The summed E-state index contributed by atoms with van der Waals surface area (Å²) in [6.45, 7) is 2.16. The van der Waals surface area contributed by atoms with E-state index in [9.17, 15) is 4.79 Å². The maximum absolute atomic E-state index is 11.1. The Kier molecular flexibility index (Phi) is 3.00. The van der Waals surface area contributed by atoms with Crippen LogP contribution in [-0.2, 0) is 17.6 Å². The van der Waals surface area contributed by atoms with Gasteiger partial charge in [0, 0.05) is 6.42 Å². The zero-order valence-electron chi connectivity index (χ0n) is 9.12. The fraction of sp³-hybridized carbons (Fsp3) is 0.357. The molecule has 15 heavy (non-hydrogen) atoms. The SMILES string of the molecule is CCc1ccc(CC2=CC(=O)CC2)cc1. The van der Waals surface area contributed by atoms with Crippen LogP contribution in [0.4, 0.5) is 0 Å². The second kappa shape index (κ2) is 4.43. The normalized spacial score (nSPS) is 15.5. The lowest BCUT2D eigenvalue weighted by atomic mass is 10.0. The summed E-state index contributed by atoms with van der Waals surface area (Å²) >= 11 is 0. The number of rotatable bonds is 3. The first kappa shape index (κ1) is 10.2. The van der Waals surface area contributed by atoms with Crippen molar-refractivity contribution in [1.29, 1.82) is 0 Å². The summed E-state index contributed by atoms with van der Waals surface area (Å²) in [5.74, 6) is 0.287. The zero-order chi connectivity index (χ0) is 10.7. The molecule has 1 aliphatic carbocycles. The quantitative estimate of drug-likeness (QED) is 0.732. The number of carbonyl (C=O) groups is 1. The minimum absolute atomic E-state index is 0.287. The molecular formula is C14H16O. The van der Waals surface area contributed by atoms with Gasteiger partial charge in [-0.15, -0.1) is 0 Å². The average molecular weight is 200 g/mol. The van der Waals surface area contributed by atoms with Gasteiger partial charge in [-0.2, -0.15) is 0 Å². The van der Waals surface area contributed by atoms with E-state index in [0.717, 1.165) is 19.3 Å². The monoisotopic (exact) mass is 200 g/mol. The van der Waals surface area contributed by atoms with E-state index in [1.165, 1.54) is 16.7 Å². The van der Waals surface area contributed by atoms with Crippen LogP contribution in [0.25, 0.3) is 0 Å². The van der Waals surface area contributed by atoms with Gasteiger partial charge >= 0.3 is 0 Å². The number of ketones is 1. The first-order valence-corrected chi connectivity index (χ1v) is 5.58. The molecule has 0 N–H and O–H groups in total. The molecule has 0 heterocycles. The molecule has 1 aromatic carbocycles. The fourth-order valence-corrected chi connectivity index (χ4v) is 1.95. The van der Waals surface area contributed by atoms with E-state index in [4.69, 9.17) is 0 Å². The predicted molar refractivity (Wildman–Crippen MR) is 61.8 cm³/mol. The number of benzene rings is 1. The fourth-order valence-electron chi connectivity index (χ4n) is 1.95. The van der Waals surface area contributed by atoms with E-state index in [1.54, 1.807) is 0 Å². The van der Waals surface area contributed by atoms with Crippen molar-refractivity contribution in [2.45, 2.75) is 32.6 Å². The van der Waals surface area contributed by atoms with Crippen LogP contribution in [0.2, 0.25) is 0 Å². The Morgan fingerprint density at radius 3 is 2.27 bits per heavy atom. The summed E-state index contributed by atoms with van der Waals surface area (Å²) in [6.07, 6.45) is 5.50. The number of carbonyl (C=O) groups excluding carboxylic acids is 1. The van der Waals surface area contributed by atoms with Crippen LogP contribution >= 0.6 is 0 Å². The minimum Gasteiger partial charge on any atom is -0.295 e. The topological polar surface area (TPSA) is 17.1 Å². The van der Waals surface area contributed by atoms with E-state index in [-0.39, 0.29) is 5.78 Å². The lowest BCUT2D eigenvalue weighted by Crippen LogP contribution is -1.88. The zero-order valence-corrected chi connectivity index (χ0v) is 9.12. The van der Waals surface area contributed by atoms with Crippen LogP contribution in [0, 0.1) is 0 Å². The van der Waals surface area contributed by atoms with Crippen LogP contribution in [0.1, 0.15) is 30.9 Å². The third-order valence-electron chi connectivity index (χ3n) is 2.92. The summed E-state index contributed by atoms with van der Waals surface area (Å²) in [6, 6.07) is 8.68. The molecule has 0 unspecified atom stereocenters. The molecule has 0 radical (unpaired) electrons. The number of hydrogen-bond acceptors (Lipinski definition) is 1.